The van der Waals surface area contributed by atoms with Gasteiger partial charge in [-0.2, -0.15) is 0 Å². The Bertz CT molecular complexity index is 164. The number of hydrogen-bond donors (Lipinski definition) is 1. The first-order valence-corrected chi connectivity index (χ1v) is 5.86. The molecule has 2 heteroatoms. The van der Waals surface area contributed by atoms with Crippen LogP contribution in [0.25, 0.3) is 0 Å². The quantitative estimate of drug-likeness (QED) is 0.640. The molecule has 0 aliphatic heterocycles. The first kappa shape index (κ1) is 12.0. The Balaban J connectivity index is 1.98. The second kappa shape index (κ2) is 5.13. The molecule has 1 aliphatic rings. The van der Waals surface area contributed by atoms with E-state index in [9.17, 15) is 0 Å². The fraction of sp³-hybridized carbons (Fsp3) is 1.00. The fourth-order valence-corrected chi connectivity index (χ4v) is 1.79. The second-order valence-electron chi connectivity index (χ2n) is 5.21. The summed E-state index contributed by atoms with van der Waals surface area (Å²) >= 11 is 0. The van der Waals surface area contributed by atoms with Gasteiger partial charge in [-0.3, -0.25) is 0 Å². The summed E-state index contributed by atoms with van der Waals surface area (Å²) in [7, 11) is 1.79. The molecule has 1 saturated carbocycles. The molecule has 0 aromatic rings. The lowest BCUT2D eigenvalue weighted by atomic mass is 9.98. The third-order valence-electron chi connectivity index (χ3n) is 3.35. The molecule has 84 valence electrons. The largest absolute Gasteiger partial charge is 0.379 e. The maximum absolute atomic E-state index is 6.03. The van der Waals surface area contributed by atoms with Crippen LogP contribution in [0.1, 0.15) is 52.4 Å². The van der Waals surface area contributed by atoms with Gasteiger partial charge in [-0.05, 0) is 45.4 Å². The average Bonchev–Trinajstić information content (AvgIpc) is 2.95. The van der Waals surface area contributed by atoms with Crippen molar-refractivity contribution in [3.8, 4) is 0 Å². The van der Waals surface area contributed by atoms with Gasteiger partial charge in [0.1, 0.15) is 0 Å². The molecule has 0 heterocycles. The van der Waals surface area contributed by atoms with E-state index in [0.717, 1.165) is 12.3 Å². The van der Waals surface area contributed by atoms with Gasteiger partial charge in [0.15, 0.2) is 0 Å². The fourth-order valence-electron chi connectivity index (χ4n) is 1.79. The van der Waals surface area contributed by atoms with Crippen LogP contribution in [0, 0.1) is 5.92 Å². The summed E-state index contributed by atoms with van der Waals surface area (Å²) in [6, 6.07) is 0.473. The first-order valence-electron chi connectivity index (χ1n) is 5.86. The van der Waals surface area contributed by atoms with Crippen LogP contribution in [0.5, 0.6) is 0 Å². The Morgan fingerprint density at radius 1 is 1.36 bits per heavy atom. The van der Waals surface area contributed by atoms with E-state index < -0.39 is 0 Å². The van der Waals surface area contributed by atoms with Crippen LogP contribution < -0.4 is 5.73 Å². The lowest BCUT2D eigenvalue weighted by molar-refractivity contribution is 0.0133. The molecule has 0 spiro atoms. The van der Waals surface area contributed by atoms with Crippen LogP contribution in [0.2, 0.25) is 0 Å². The minimum Gasteiger partial charge on any atom is -0.379 e. The van der Waals surface area contributed by atoms with Crippen LogP contribution in [-0.2, 0) is 4.74 Å². The summed E-state index contributed by atoms with van der Waals surface area (Å²) in [4.78, 5) is 0. The van der Waals surface area contributed by atoms with Gasteiger partial charge in [-0.15, -0.1) is 0 Å². The van der Waals surface area contributed by atoms with Gasteiger partial charge in [0.25, 0.3) is 0 Å². The predicted octanol–water partition coefficient (Wildman–Crippen LogP) is 2.71. The van der Waals surface area contributed by atoms with E-state index in [1.54, 1.807) is 7.11 Å². The molecule has 0 bridgehead atoms. The summed E-state index contributed by atoms with van der Waals surface area (Å²) in [5, 5.41) is 0. The molecule has 1 aliphatic carbocycles. The number of ether oxygens (including phenoxy) is 1. The summed E-state index contributed by atoms with van der Waals surface area (Å²) in [6.45, 7) is 4.29. The Morgan fingerprint density at radius 2 is 2.00 bits per heavy atom. The predicted molar refractivity (Wildman–Crippen MR) is 60.3 cm³/mol. The lowest BCUT2D eigenvalue weighted by Crippen LogP contribution is -2.24. The Kier molecular flexibility index (Phi) is 4.39. The van der Waals surface area contributed by atoms with Crippen molar-refractivity contribution in [2.75, 3.05) is 7.11 Å². The molecule has 14 heavy (non-hydrogen) atoms. The molecule has 0 radical (unpaired) electrons. The van der Waals surface area contributed by atoms with Crippen molar-refractivity contribution in [1.82, 2.24) is 0 Å². The van der Waals surface area contributed by atoms with Crippen LogP contribution in [0.4, 0.5) is 0 Å². The summed E-state index contributed by atoms with van der Waals surface area (Å²) in [5.74, 6) is 0.852. The maximum Gasteiger partial charge on any atom is 0.0622 e. The highest BCUT2D eigenvalue weighted by Gasteiger charge is 2.27. The highest BCUT2D eigenvalue weighted by atomic mass is 16.5. The molecule has 1 unspecified atom stereocenters. The molecular formula is C12H25NO. The smallest absolute Gasteiger partial charge is 0.0622 e. The van der Waals surface area contributed by atoms with E-state index in [1.165, 1.54) is 32.1 Å². The SMILES string of the molecule is COC(C)(C)CCCCC(N)C1CC1. The summed E-state index contributed by atoms with van der Waals surface area (Å²) < 4.78 is 5.37. The lowest BCUT2D eigenvalue weighted by Gasteiger charge is -2.22. The van der Waals surface area contributed by atoms with Crippen LogP contribution in [0.3, 0.4) is 0 Å². The monoisotopic (exact) mass is 199 g/mol. The van der Waals surface area contributed by atoms with E-state index in [4.69, 9.17) is 10.5 Å². The van der Waals surface area contributed by atoms with Crippen LogP contribution in [-0.4, -0.2) is 18.8 Å². The number of methoxy groups -OCH3 is 1. The van der Waals surface area contributed by atoms with Gasteiger partial charge in [0, 0.05) is 13.2 Å². The van der Waals surface area contributed by atoms with Crippen molar-refractivity contribution in [2.45, 2.75) is 64.0 Å². The summed E-state index contributed by atoms with van der Waals surface area (Å²) in [6.07, 6.45) is 7.56. The number of nitrogens with two attached hydrogens (primary N) is 1. The zero-order valence-electron chi connectivity index (χ0n) is 9.88. The zero-order chi connectivity index (χ0) is 10.6. The van der Waals surface area contributed by atoms with E-state index in [1.807, 2.05) is 0 Å². The van der Waals surface area contributed by atoms with Crippen molar-refractivity contribution in [3.05, 3.63) is 0 Å². The minimum atomic E-state index is 0.0453. The number of hydrogen-bond acceptors (Lipinski definition) is 2. The molecule has 2 nitrogen and oxygen atoms in total. The molecule has 0 saturated heterocycles. The van der Waals surface area contributed by atoms with Gasteiger partial charge < -0.3 is 10.5 Å². The van der Waals surface area contributed by atoms with Gasteiger partial charge in [0.2, 0.25) is 0 Å². The van der Waals surface area contributed by atoms with Gasteiger partial charge in [-0.1, -0.05) is 12.8 Å². The van der Waals surface area contributed by atoms with Gasteiger partial charge in [0.05, 0.1) is 5.60 Å². The normalized spacial score (nSPS) is 19.7. The molecule has 2 N–H and O–H groups in total. The van der Waals surface area contributed by atoms with Crippen molar-refractivity contribution in [2.24, 2.45) is 11.7 Å². The van der Waals surface area contributed by atoms with Crippen molar-refractivity contribution in [3.63, 3.8) is 0 Å². The standard InChI is InChI=1S/C12H25NO/c1-12(2,14-3)9-5-4-6-11(13)10-7-8-10/h10-11H,4-9,13H2,1-3H3. The van der Waals surface area contributed by atoms with E-state index in [2.05, 4.69) is 13.8 Å². The molecular weight excluding hydrogens is 174 g/mol. The second-order valence-corrected chi connectivity index (χ2v) is 5.21. The van der Waals surface area contributed by atoms with Gasteiger partial charge in [-0.25, -0.2) is 0 Å². The summed E-state index contributed by atoms with van der Waals surface area (Å²) in [5.41, 5.74) is 6.08. The first-order chi connectivity index (χ1) is 6.55. The Morgan fingerprint density at radius 3 is 2.50 bits per heavy atom. The van der Waals surface area contributed by atoms with Gasteiger partial charge >= 0.3 is 0 Å². The molecule has 0 aromatic heterocycles. The average molecular weight is 199 g/mol. The third-order valence-corrected chi connectivity index (χ3v) is 3.35. The molecule has 1 fully saturated rings. The van der Waals surface area contributed by atoms with Crippen molar-refractivity contribution in [1.29, 1.82) is 0 Å². The van der Waals surface area contributed by atoms with Crippen molar-refractivity contribution < 1.29 is 4.74 Å². The molecule has 1 atom stereocenters. The zero-order valence-corrected chi connectivity index (χ0v) is 9.88. The van der Waals surface area contributed by atoms with E-state index in [-0.39, 0.29) is 5.60 Å². The number of unbranched alkanes of at least 4 members (excludes halogenated alkanes) is 1. The van der Waals surface area contributed by atoms with Crippen molar-refractivity contribution >= 4 is 0 Å². The van der Waals surface area contributed by atoms with Crippen LogP contribution >= 0.6 is 0 Å². The number of rotatable bonds is 7. The highest BCUT2D eigenvalue weighted by molar-refractivity contribution is 4.83. The third kappa shape index (κ3) is 4.43. The highest BCUT2D eigenvalue weighted by Crippen LogP contribution is 2.33. The molecule has 0 amide bonds. The van der Waals surface area contributed by atoms with E-state index in [0.29, 0.717) is 6.04 Å². The van der Waals surface area contributed by atoms with E-state index >= 15 is 0 Å². The maximum atomic E-state index is 6.03. The van der Waals surface area contributed by atoms with Crippen LogP contribution in [0.15, 0.2) is 0 Å². The minimum absolute atomic E-state index is 0.0453. The molecule has 1 rings (SSSR count). The Hall–Kier alpha value is -0.0800. The topological polar surface area (TPSA) is 35.2 Å². The Labute approximate surface area is 88.2 Å². The molecule has 0 aromatic carbocycles.